The summed E-state index contributed by atoms with van der Waals surface area (Å²) < 4.78 is 33.3. The highest BCUT2D eigenvalue weighted by Gasteiger charge is 2.17. The van der Waals surface area contributed by atoms with Crippen molar-refractivity contribution >= 4 is 23.3 Å². The van der Waals surface area contributed by atoms with Gasteiger partial charge in [-0.3, -0.25) is 9.79 Å². The number of benzene rings is 2. The van der Waals surface area contributed by atoms with E-state index in [2.05, 4.69) is 10.3 Å². The van der Waals surface area contributed by atoms with Crippen LogP contribution in [0.5, 0.6) is 5.75 Å². The van der Waals surface area contributed by atoms with E-state index in [1.165, 1.54) is 25.4 Å². The smallest absolute Gasteiger partial charge is 0.201 e. The van der Waals surface area contributed by atoms with Crippen molar-refractivity contribution in [1.82, 2.24) is 4.90 Å². The average molecular weight is 456 g/mol. The van der Waals surface area contributed by atoms with Crippen molar-refractivity contribution in [3.63, 3.8) is 0 Å². The zero-order valence-electron chi connectivity index (χ0n) is 19.9. The quantitative estimate of drug-likeness (QED) is 0.268. The summed E-state index contributed by atoms with van der Waals surface area (Å²) in [7, 11) is 3.20. The third kappa shape index (κ3) is 6.28. The number of carbonyl (C=O) groups excluding carboxylic acids is 1. The van der Waals surface area contributed by atoms with Gasteiger partial charge in [-0.1, -0.05) is 13.0 Å². The fraction of sp³-hybridized carbons (Fsp3) is 0.308. The van der Waals surface area contributed by atoms with E-state index >= 15 is 0 Å². The van der Waals surface area contributed by atoms with Crippen molar-refractivity contribution in [2.75, 3.05) is 19.5 Å². The van der Waals surface area contributed by atoms with Crippen LogP contribution >= 0.6 is 0 Å². The van der Waals surface area contributed by atoms with Gasteiger partial charge >= 0.3 is 0 Å². The molecule has 0 radical (unpaired) electrons. The number of methoxy groups -OCH3 is 1. The molecule has 33 heavy (non-hydrogen) atoms. The van der Waals surface area contributed by atoms with Crippen LogP contribution in [-0.2, 0) is 6.42 Å². The van der Waals surface area contributed by atoms with Crippen molar-refractivity contribution in [1.29, 1.82) is 0 Å². The minimum Gasteiger partial charge on any atom is -0.494 e. The average Bonchev–Trinajstić information content (AvgIpc) is 2.82. The molecular formula is C26H31F2N3O2. The first-order valence-electron chi connectivity index (χ1n) is 10.7. The lowest BCUT2D eigenvalue weighted by atomic mass is 10.1. The molecule has 0 bridgehead atoms. The largest absolute Gasteiger partial charge is 0.494 e. The Morgan fingerprint density at radius 3 is 2.55 bits per heavy atom. The van der Waals surface area contributed by atoms with Crippen LogP contribution in [-0.4, -0.2) is 37.2 Å². The van der Waals surface area contributed by atoms with Gasteiger partial charge in [-0.15, -0.1) is 0 Å². The molecular weight excluding hydrogens is 424 g/mol. The number of aryl methyl sites for hydroxylation is 1. The van der Waals surface area contributed by atoms with Crippen LogP contribution in [0.3, 0.4) is 0 Å². The van der Waals surface area contributed by atoms with Crippen molar-refractivity contribution in [3.8, 4) is 5.75 Å². The van der Waals surface area contributed by atoms with Crippen molar-refractivity contribution in [3.05, 3.63) is 77.1 Å². The summed E-state index contributed by atoms with van der Waals surface area (Å²) in [5, 5.41) is 3.44. The number of aliphatic imine (C=N–C) groups is 1. The minimum absolute atomic E-state index is 0.119. The fourth-order valence-electron chi connectivity index (χ4n) is 3.43. The highest BCUT2D eigenvalue weighted by atomic mass is 19.2. The number of nitrogens with zero attached hydrogens (tertiary/aromatic N) is 2. The molecule has 0 fully saturated rings. The van der Waals surface area contributed by atoms with E-state index in [4.69, 9.17) is 4.74 Å². The van der Waals surface area contributed by atoms with Crippen LogP contribution in [0, 0.1) is 11.6 Å². The zero-order chi connectivity index (χ0) is 24.5. The van der Waals surface area contributed by atoms with Crippen molar-refractivity contribution in [2.24, 2.45) is 4.99 Å². The van der Waals surface area contributed by atoms with E-state index in [-0.39, 0.29) is 17.5 Å². The summed E-state index contributed by atoms with van der Waals surface area (Å²) in [4.78, 5) is 17.7. The maximum atomic E-state index is 14.4. The molecule has 0 aliphatic heterocycles. The topological polar surface area (TPSA) is 53.9 Å². The van der Waals surface area contributed by atoms with Crippen molar-refractivity contribution < 1.29 is 18.3 Å². The van der Waals surface area contributed by atoms with Gasteiger partial charge in [0.1, 0.15) is 12.5 Å². The number of rotatable bonds is 10. The summed E-state index contributed by atoms with van der Waals surface area (Å²) in [5.41, 5.74) is 3.76. The normalized spacial score (nSPS) is 13.2. The highest BCUT2D eigenvalue weighted by molar-refractivity contribution is 5.90. The lowest BCUT2D eigenvalue weighted by Gasteiger charge is -2.29. The lowest BCUT2D eigenvalue weighted by molar-refractivity contribution is 0.112. The number of allylic oxidation sites excluding steroid dienone is 2. The molecule has 1 unspecified atom stereocenters. The standard InChI is InChI=1S/C26H31F2N3O2/c1-7-13-31(5)26(30-21-10-9-20(16-32)19(8-2)14-21)18(4)29-15-17(3)22-11-12-23(33-6)25(28)24(22)27/h7,9-16,26,30H,8H2,1-6H3/b13-7-,17-15+,29-18?. The van der Waals surface area contributed by atoms with Gasteiger partial charge in [0.05, 0.1) is 12.8 Å². The molecule has 0 saturated carbocycles. The molecule has 0 saturated heterocycles. The molecule has 0 heterocycles. The van der Waals surface area contributed by atoms with E-state index in [1.807, 2.05) is 57.1 Å². The van der Waals surface area contributed by atoms with Gasteiger partial charge in [0.25, 0.3) is 0 Å². The molecule has 5 nitrogen and oxygen atoms in total. The Morgan fingerprint density at radius 2 is 1.94 bits per heavy atom. The van der Waals surface area contributed by atoms with Gasteiger partial charge < -0.3 is 15.0 Å². The van der Waals surface area contributed by atoms with Gasteiger partial charge in [0, 0.05) is 30.1 Å². The second kappa shape index (κ2) is 11.9. The fourth-order valence-corrected chi connectivity index (χ4v) is 3.43. The Morgan fingerprint density at radius 1 is 1.21 bits per heavy atom. The number of carbonyl (C=O) groups is 1. The number of halogens is 2. The molecule has 0 amide bonds. The second-order valence-corrected chi connectivity index (χ2v) is 7.61. The molecule has 0 spiro atoms. The predicted molar refractivity (Wildman–Crippen MR) is 131 cm³/mol. The van der Waals surface area contributed by atoms with Crippen LogP contribution < -0.4 is 10.1 Å². The van der Waals surface area contributed by atoms with Crippen LogP contribution in [0.15, 0.2) is 53.8 Å². The molecule has 0 aliphatic rings. The number of hydrogen-bond donors (Lipinski definition) is 1. The lowest BCUT2D eigenvalue weighted by Crippen LogP contribution is -2.40. The number of anilines is 1. The van der Waals surface area contributed by atoms with Gasteiger partial charge in [0.15, 0.2) is 11.6 Å². The first-order chi connectivity index (χ1) is 15.8. The Bertz CT molecular complexity index is 1080. The van der Waals surface area contributed by atoms with E-state index in [0.717, 1.165) is 24.0 Å². The third-order valence-corrected chi connectivity index (χ3v) is 5.29. The van der Waals surface area contributed by atoms with Crippen LogP contribution in [0.1, 0.15) is 49.2 Å². The first-order valence-corrected chi connectivity index (χ1v) is 10.7. The van der Waals surface area contributed by atoms with Crippen LogP contribution in [0.4, 0.5) is 14.5 Å². The maximum Gasteiger partial charge on any atom is 0.201 e. The molecule has 0 aromatic heterocycles. The molecule has 1 atom stereocenters. The zero-order valence-corrected chi connectivity index (χ0v) is 19.9. The van der Waals surface area contributed by atoms with E-state index in [0.29, 0.717) is 16.8 Å². The van der Waals surface area contributed by atoms with Crippen LogP contribution in [0.25, 0.3) is 5.57 Å². The first kappa shape index (κ1) is 25.8. The number of ether oxygens (including phenoxy) is 1. The highest BCUT2D eigenvalue weighted by Crippen LogP contribution is 2.27. The Labute approximate surface area is 194 Å². The Balaban J connectivity index is 2.38. The van der Waals surface area contributed by atoms with Gasteiger partial charge in [-0.2, -0.15) is 4.39 Å². The number of hydrogen-bond acceptors (Lipinski definition) is 5. The van der Waals surface area contributed by atoms with Gasteiger partial charge in [0.2, 0.25) is 5.82 Å². The van der Waals surface area contributed by atoms with Crippen molar-refractivity contribution in [2.45, 2.75) is 40.3 Å². The van der Waals surface area contributed by atoms with E-state index < -0.39 is 11.6 Å². The van der Waals surface area contributed by atoms with Gasteiger partial charge in [-0.25, -0.2) is 4.39 Å². The summed E-state index contributed by atoms with van der Waals surface area (Å²) >= 11 is 0. The molecule has 7 heteroatoms. The minimum atomic E-state index is -1.03. The monoisotopic (exact) mass is 455 g/mol. The molecule has 2 rings (SSSR count). The second-order valence-electron chi connectivity index (χ2n) is 7.61. The summed E-state index contributed by atoms with van der Waals surface area (Å²) in [5.74, 6) is -2.15. The summed E-state index contributed by atoms with van der Waals surface area (Å²) in [6, 6.07) is 8.45. The molecule has 176 valence electrons. The number of nitrogens with one attached hydrogen (secondary N) is 1. The third-order valence-electron chi connectivity index (χ3n) is 5.29. The maximum absolute atomic E-state index is 14.4. The molecule has 1 N–H and O–H groups in total. The Hall–Kier alpha value is -3.48. The van der Waals surface area contributed by atoms with E-state index in [9.17, 15) is 13.6 Å². The predicted octanol–water partition coefficient (Wildman–Crippen LogP) is 6.07. The number of aldehydes is 1. The molecule has 2 aromatic carbocycles. The summed E-state index contributed by atoms with van der Waals surface area (Å²) in [6.07, 6.45) is 6.61. The Kier molecular flexibility index (Phi) is 9.33. The SMILES string of the molecule is C/C=C\N(C)C(Nc1ccc(C=O)c(CC)c1)C(C)=N/C=C(\C)c1ccc(OC)c(F)c1F. The molecule has 0 aliphatic carbocycles. The van der Waals surface area contributed by atoms with E-state index in [1.54, 1.807) is 13.0 Å². The van der Waals surface area contributed by atoms with Gasteiger partial charge in [-0.05, 0) is 74.9 Å². The molecule has 2 aromatic rings. The summed E-state index contributed by atoms with van der Waals surface area (Å²) in [6.45, 7) is 7.44. The van der Waals surface area contributed by atoms with Crippen LogP contribution in [0.2, 0.25) is 0 Å².